The molecule has 0 fully saturated rings. The van der Waals surface area contributed by atoms with Gasteiger partial charge in [-0.25, -0.2) is 0 Å². The molecule has 14 heavy (non-hydrogen) atoms. The summed E-state index contributed by atoms with van der Waals surface area (Å²) in [5, 5.41) is 2.67. The van der Waals surface area contributed by atoms with Gasteiger partial charge < -0.3 is 5.32 Å². The first-order chi connectivity index (χ1) is 6.68. The van der Waals surface area contributed by atoms with Gasteiger partial charge in [0.05, 0.1) is 5.37 Å². The van der Waals surface area contributed by atoms with Crippen LogP contribution in [0.15, 0.2) is 30.3 Å². The van der Waals surface area contributed by atoms with Gasteiger partial charge in [0, 0.05) is 6.42 Å². The smallest absolute Gasteiger partial charge is 0.221 e. The lowest BCUT2D eigenvalue weighted by atomic mass is 10.1. The molecular weight excluding hydrogens is 194 g/mol. The Hall–Kier alpha value is -0.960. The van der Waals surface area contributed by atoms with Crippen LogP contribution >= 0.6 is 12.6 Å². The van der Waals surface area contributed by atoms with Crippen LogP contribution in [0.25, 0.3) is 0 Å². The fourth-order valence-electron chi connectivity index (χ4n) is 1.21. The van der Waals surface area contributed by atoms with Crippen LogP contribution in [0.3, 0.4) is 0 Å². The molecule has 1 rings (SSSR count). The average molecular weight is 209 g/mol. The second-order valence-electron chi connectivity index (χ2n) is 3.23. The molecule has 0 saturated carbocycles. The van der Waals surface area contributed by atoms with Crippen molar-refractivity contribution in [3.63, 3.8) is 0 Å². The number of amides is 1. The number of hydrogen-bond donors (Lipinski definition) is 2. The van der Waals surface area contributed by atoms with Crippen LogP contribution in [0.5, 0.6) is 0 Å². The van der Waals surface area contributed by atoms with Gasteiger partial charge in [0.25, 0.3) is 0 Å². The first kappa shape index (κ1) is 11.1. The van der Waals surface area contributed by atoms with E-state index in [2.05, 4.69) is 17.9 Å². The van der Waals surface area contributed by atoms with Crippen molar-refractivity contribution >= 4 is 18.5 Å². The molecule has 1 unspecified atom stereocenters. The normalized spacial score (nSPS) is 12.1. The SMILES string of the molecule is CC(S)NC(=O)CCc1ccccc1. The van der Waals surface area contributed by atoms with Crippen LogP contribution in [0.1, 0.15) is 18.9 Å². The minimum Gasteiger partial charge on any atom is -0.345 e. The molecule has 2 nitrogen and oxygen atoms in total. The lowest BCUT2D eigenvalue weighted by molar-refractivity contribution is -0.121. The molecule has 0 aliphatic carbocycles. The molecule has 0 bridgehead atoms. The number of hydrogen-bond acceptors (Lipinski definition) is 2. The van der Waals surface area contributed by atoms with E-state index in [1.807, 2.05) is 37.3 Å². The zero-order valence-electron chi connectivity index (χ0n) is 8.23. The number of benzene rings is 1. The number of aryl methyl sites for hydroxylation is 1. The van der Waals surface area contributed by atoms with Crippen LogP contribution < -0.4 is 5.32 Å². The van der Waals surface area contributed by atoms with Gasteiger partial charge in [-0.2, -0.15) is 12.6 Å². The second kappa shape index (κ2) is 5.70. The molecule has 1 atom stereocenters. The highest BCUT2D eigenvalue weighted by Gasteiger charge is 2.03. The van der Waals surface area contributed by atoms with Gasteiger partial charge in [-0.3, -0.25) is 4.79 Å². The van der Waals surface area contributed by atoms with Gasteiger partial charge >= 0.3 is 0 Å². The molecule has 3 heteroatoms. The molecule has 1 aromatic carbocycles. The van der Waals surface area contributed by atoms with E-state index in [-0.39, 0.29) is 11.3 Å². The van der Waals surface area contributed by atoms with Crippen LogP contribution in [0.2, 0.25) is 0 Å². The molecule has 1 aromatic rings. The third-order valence-corrected chi connectivity index (χ3v) is 1.98. The summed E-state index contributed by atoms with van der Waals surface area (Å²) >= 11 is 4.09. The second-order valence-corrected chi connectivity index (χ2v) is 4.00. The monoisotopic (exact) mass is 209 g/mol. The first-order valence-electron chi connectivity index (χ1n) is 4.70. The summed E-state index contributed by atoms with van der Waals surface area (Å²) in [4.78, 5) is 11.3. The number of carbonyl (C=O) groups excluding carboxylic acids is 1. The Kier molecular flexibility index (Phi) is 4.53. The van der Waals surface area contributed by atoms with Gasteiger partial charge in [0.15, 0.2) is 0 Å². The summed E-state index contributed by atoms with van der Waals surface area (Å²) in [6.45, 7) is 1.84. The van der Waals surface area contributed by atoms with Crippen LogP contribution in [0, 0.1) is 0 Å². The van der Waals surface area contributed by atoms with Crippen molar-refractivity contribution in [2.75, 3.05) is 0 Å². The van der Waals surface area contributed by atoms with Crippen molar-refractivity contribution in [3.05, 3.63) is 35.9 Å². The molecule has 76 valence electrons. The summed E-state index contributed by atoms with van der Waals surface area (Å²) in [6.07, 6.45) is 1.31. The predicted molar refractivity (Wildman–Crippen MR) is 61.4 cm³/mol. The Morgan fingerprint density at radius 2 is 2.07 bits per heavy atom. The lowest BCUT2D eigenvalue weighted by Gasteiger charge is -2.07. The molecule has 1 amide bonds. The van der Waals surface area contributed by atoms with Gasteiger partial charge in [-0.1, -0.05) is 30.3 Å². The Labute approximate surface area is 90.1 Å². The Bertz CT molecular complexity index is 285. The predicted octanol–water partition coefficient (Wildman–Crippen LogP) is 2.01. The standard InChI is InChI=1S/C11H15NOS/c1-9(14)12-11(13)8-7-10-5-3-2-4-6-10/h2-6,9,14H,7-8H2,1H3,(H,12,13). The molecule has 0 saturated heterocycles. The highest BCUT2D eigenvalue weighted by Crippen LogP contribution is 2.02. The zero-order valence-corrected chi connectivity index (χ0v) is 9.13. The molecule has 0 aliphatic rings. The van der Waals surface area contributed by atoms with Gasteiger partial charge in [0.1, 0.15) is 0 Å². The Balaban J connectivity index is 2.31. The third kappa shape index (κ3) is 4.33. The Morgan fingerprint density at radius 3 is 2.64 bits per heavy atom. The van der Waals surface area contributed by atoms with Crippen molar-refractivity contribution < 1.29 is 4.79 Å². The summed E-state index contributed by atoms with van der Waals surface area (Å²) < 4.78 is 0. The van der Waals surface area contributed by atoms with E-state index in [0.717, 1.165) is 6.42 Å². The van der Waals surface area contributed by atoms with E-state index in [9.17, 15) is 4.79 Å². The summed E-state index contributed by atoms with van der Waals surface area (Å²) in [6, 6.07) is 9.98. The van der Waals surface area contributed by atoms with Crippen LogP contribution in [0.4, 0.5) is 0 Å². The maximum atomic E-state index is 11.3. The maximum Gasteiger partial charge on any atom is 0.221 e. The van der Waals surface area contributed by atoms with Gasteiger partial charge in [-0.15, -0.1) is 0 Å². The number of thiol groups is 1. The van der Waals surface area contributed by atoms with Crippen molar-refractivity contribution in [1.29, 1.82) is 0 Å². The lowest BCUT2D eigenvalue weighted by Crippen LogP contribution is -2.28. The number of nitrogens with one attached hydrogen (secondary N) is 1. The quantitative estimate of drug-likeness (QED) is 0.576. The largest absolute Gasteiger partial charge is 0.345 e. The van der Waals surface area contributed by atoms with Crippen molar-refractivity contribution in [2.45, 2.75) is 25.1 Å². The number of carbonyl (C=O) groups is 1. The summed E-state index contributed by atoms with van der Waals surface area (Å²) in [5.41, 5.74) is 1.19. The molecular formula is C11H15NOS. The average Bonchev–Trinajstić information content (AvgIpc) is 2.15. The fourth-order valence-corrected chi connectivity index (χ4v) is 1.35. The third-order valence-electron chi connectivity index (χ3n) is 1.85. The minimum atomic E-state index is -0.0710. The van der Waals surface area contributed by atoms with Crippen LogP contribution in [-0.4, -0.2) is 11.3 Å². The molecule has 0 spiro atoms. The number of rotatable bonds is 4. The van der Waals surface area contributed by atoms with Crippen molar-refractivity contribution in [1.82, 2.24) is 5.32 Å². The highest BCUT2D eigenvalue weighted by atomic mass is 32.1. The Morgan fingerprint density at radius 1 is 1.43 bits per heavy atom. The van der Waals surface area contributed by atoms with Crippen molar-refractivity contribution in [2.24, 2.45) is 0 Å². The van der Waals surface area contributed by atoms with E-state index in [1.165, 1.54) is 5.56 Å². The summed E-state index contributed by atoms with van der Waals surface area (Å²) in [5.74, 6) is 0.0522. The maximum absolute atomic E-state index is 11.3. The molecule has 0 aliphatic heterocycles. The van der Waals surface area contributed by atoms with E-state index in [4.69, 9.17) is 0 Å². The van der Waals surface area contributed by atoms with Crippen molar-refractivity contribution in [3.8, 4) is 0 Å². The molecule has 0 aromatic heterocycles. The zero-order chi connectivity index (χ0) is 10.4. The van der Waals surface area contributed by atoms with E-state index < -0.39 is 0 Å². The minimum absolute atomic E-state index is 0.0522. The fraction of sp³-hybridized carbons (Fsp3) is 0.364. The van der Waals surface area contributed by atoms with Crippen LogP contribution in [-0.2, 0) is 11.2 Å². The van der Waals surface area contributed by atoms with Gasteiger partial charge in [0.2, 0.25) is 5.91 Å². The molecule has 0 heterocycles. The summed E-state index contributed by atoms with van der Waals surface area (Å²) in [7, 11) is 0. The first-order valence-corrected chi connectivity index (χ1v) is 5.21. The van der Waals surface area contributed by atoms with E-state index in [0.29, 0.717) is 6.42 Å². The highest BCUT2D eigenvalue weighted by molar-refractivity contribution is 7.80. The molecule has 0 radical (unpaired) electrons. The molecule has 1 N–H and O–H groups in total. The van der Waals surface area contributed by atoms with E-state index >= 15 is 0 Å². The van der Waals surface area contributed by atoms with Gasteiger partial charge in [-0.05, 0) is 18.9 Å². The topological polar surface area (TPSA) is 29.1 Å². The van der Waals surface area contributed by atoms with E-state index in [1.54, 1.807) is 0 Å².